The first-order valence-electron chi connectivity index (χ1n) is 7.04. The molecule has 0 fully saturated rings. The molecule has 1 aromatic rings. The third-order valence-corrected chi connectivity index (χ3v) is 6.22. The molecule has 120 valence electrons. The molecule has 0 aliphatic rings. The Morgan fingerprint density at radius 2 is 1.67 bits per heavy atom. The van der Waals surface area contributed by atoms with Crippen LogP contribution in [0.4, 0.5) is 0 Å². The van der Waals surface area contributed by atoms with Crippen molar-refractivity contribution in [3.63, 3.8) is 0 Å². The van der Waals surface area contributed by atoms with Crippen molar-refractivity contribution in [3.8, 4) is 0 Å². The van der Waals surface area contributed by atoms with E-state index >= 15 is 0 Å². The summed E-state index contributed by atoms with van der Waals surface area (Å²) in [5.74, 6) is -0.794. The third-order valence-electron chi connectivity index (χ3n) is 2.54. The van der Waals surface area contributed by atoms with E-state index in [1.807, 2.05) is 31.8 Å². The van der Waals surface area contributed by atoms with E-state index in [2.05, 4.69) is 0 Å². The normalized spacial score (nSPS) is 14.2. The van der Waals surface area contributed by atoms with Crippen molar-refractivity contribution in [2.24, 2.45) is 0 Å². The molecule has 0 N–H and O–H groups in total. The Bertz CT molecular complexity index is 494. The van der Waals surface area contributed by atoms with Crippen LogP contribution in [0.3, 0.4) is 0 Å². The van der Waals surface area contributed by atoms with E-state index in [1.165, 1.54) is 0 Å². The zero-order chi connectivity index (χ0) is 16.1. The van der Waals surface area contributed by atoms with Gasteiger partial charge in [0.1, 0.15) is 0 Å². The van der Waals surface area contributed by atoms with Crippen molar-refractivity contribution in [3.05, 3.63) is 34.9 Å². The lowest BCUT2D eigenvalue weighted by Gasteiger charge is -2.32. The second kappa shape index (κ2) is 7.91. The minimum absolute atomic E-state index is 0.285. The molecule has 4 nitrogen and oxygen atoms in total. The van der Waals surface area contributed by atoms with Gasteiger partial charge in [-0.05, 0) is 39.6 Å². The van der Waals surface area contributed by atoms with Gasteiger partial charge >= 0.3 is 7.60 Å². The molecular formula is C14H24ClO4PSi. The molecule has 7 heteroatoms. The molecule has 1 atom stereocenters. The summed E-state index contributed by atoms with van der Waals surface area (Å²) < 4.78 is 30.2. The van der Waals surface area contributed by atoms with Crippen molar-refractivity contribution < 1.29 is 18.0 Å². The van der Waals surface area contributed by atoms with Crippen LogP contribution in [0.25, 0.3) is 0 Å². The van der Waals surface area contributed by atoms with Gasteiger partial charge in [0, 0.05) is 10.6 Å². The van der Waals surface area contributed by atoms with Gasteiger partial charge in [-0.1, -0.05) is 29.8 Å². The molecule has 1 unspecified atom stereocenters. The average molecular weight is 351 g/mol. The number of hydrogen-bond donors (Lipinski definition) is 0. The maximum Gasteiger partial charge on any atom is 0.362 e. The number of rotatable bonds is 8. The van der Waals surface area contributed by atoms with Crippen molar-refractivity contribution >= 4 is 27.5 Å². The van der Waals surface area contributed by atoms with Crippen LogP contribution in [0.15, 0.2) is 24.3 Å². The average Bonchev–Trinajstić information content (AvgIpc) is 2.36. The first-order chi connectivity index (χ1) is 9.73. The van der Waals surface area contributed by atoms with E-state index in [9.17, 15) is 4.57 Å². The van der Waals surface area contributed by atoms with Gasteiger partial charge in [0.2, 0.25) is 0 Å². The molecule has 0 heterocycles. The molecule has 1 aromatic carbocycles. The van der Waals surface area contributed by atoms with Gasteiger partial charge in [-0.15, -0.1) is 0 Å². The minimum Gasteiger partial charge on any atom is -0.400 e. The quantitative estimate of drug-likeness (QED) is 0.461. The Morgan fingerprint density at radius 3 is 2.10 bits per heavy atom. The summed E-state index contributed by atoms with van der Waals surface area (Å²) >= 11 is 6.26. The number of benzene rings is 1. The van der Waals surface area contributed by atoms with Crippen LogP contribution in [-0.4, -0.2) is 21.5 Å². The van der Waals surface area contributed by atoms with Gasteiger partial charge in [-0.2, -0.15) is 0 Å². The Labute approximate surface area is 133 Å². The lowest BCUT2D eigenvalue weighted by molar-refractivity contribution is 0.158. The molecular weight excluding hydrogens is 327 g/mol. The van der Waals surface area contributed by atoms with Crippen LogP contribution in [0.1, 0.15) is 25.3 Å². The summed E-state index contributed by atoms with van der Waals surface area (Å²) in [5, 5.41) is 0.500. The van der Waals surface area contributed by atoms with Crippen molar-refractivity contribution in [2.75, 3.05) is 13.2 Å². The lowest BCUT2D eigenvalue weighted by Crippen LogP contribution is -2.29. The van der Waals surface area contributed by atoms with Gasteiger partial charge in [0.05, 0.1) is 13.2 Å². The van der Waals surface area contributed by atoms with E-state index in [0.29, 0.717) is 10.6 Å². The molecule has 1 rings (SSSR count). The van der Waals surface area contributed by atoms with Gasteiger partial charge < -0.3 is 13.5 Å². The lowest BCUT2D eigenvalue weighted by atomic mass is 10.2. The summed E-state index contributed by atoms with van der Waals surface area (Å²) in [6, 6.07) is 7.21. The first kappa shape index (κ1) is 18.9. The van der Waals surface area contributed by atoms with Crippen LogP contribution in [0.5, 0.6) is 0 Å². The zero-order valence-electron chi connectivity index (χ0n) is 13.3. The molecule has 0 aliphatic carbocycles. The highest BCUT2D eigenvalue weighted by Crippen LogP contribution is 2.62. The largest absolute Gasteiger partial charge is 0.400 e. The third kappa shape index (κ3) is 5.51. The molecule has 0 saturated heterocycles. The smallest absolute Gasteiger partial charge is 0.362 e. The van der Waals surface area contributed by atoms with Crippen LogP contribution >= 0.6 is 19.2 Å². The molecule has 0 saturated carbocycles. The van der Waals surface area contributed by atoms with E-state index in [-0.39, 0.29) is 13.2 Å². The van der Waals surface area contributed by atoms with E-state index in [0.717, 1.165) is 0 Å². The highest BCUT2D eigenvalue weighted by atomic mass is 35.5. The minimum atomic E-state index is -3.45. The highest BCUT2D eigenvalue weighted by Gasteiger charge is 2.41. The SMILES string of the molecule is CCOP(=O)(OCC)C(O[Si](C)(C)C)c1ccccc1Cl. The summed E-state index contributed by atoms with van der Waals surface area (Å²) in [5.41, 5.74) is 0.645. The van der Waals surface area contributed by atoms with Crippen LogP contribution < -0.4 is 0 Å². The van der Waals surface area contributed by atoms with Gasteiger partial charge in [-0.3, -0.25) is 4.57 Å². The monoisotopic (exact) mass is 350 g/mol. The Balaban J connectivity index is 3.30. The molecule has 0 amide bonds. The van der Waals surface area contributed by atoms with E-state index in [1.54, 1.807) is 26.0 Å². The molecule has 0 aromatic heterocycles. The summed E-state index contributed by atoms with van der Waals surface area (Å²) in [7, 11) is -5.43. The van der Waals surface area contributed by atoms with Crippen LogP contribution in [0.2, 0.25) is 24.7 Å². The Morgan fingerprint density at radius 1 is 1.14 bits per heavy atom. The van der Waals surface area contributed by atoms with Crippen molar-refractivity contribution in [1.29, 1.82) is 0 Å². The van der Waals surface area contributed by atoms with Gasteiger partial charge in [0.25, 0.3) is 0 Å². The predicted molar refractivity (Wildman–Crippen MR) is 89.5 cm³/mol. The van der Waals surface area contributed by atoms with Gasteiger partial charge in [0.15, 0.2) is 14.2 Å². The first-order valence-corrected chi connectivity index (χ1v) is 12.4. The van der Waals surface area contributed by atoms with Crippen molar-refractivity contribution in [2.45, 2.75) is 39.3 Å². The van der Waals surface area contributed by atoms with Gasteiger partial charge in [-0.25, -0.2) is 0 Å². The van der Waals surface area contributed by atoms with Crippen LogP contribution in [0, 0.1) is 0 Å². The topological polar surface area (TPSA) is 44.8 Å². The maximum absolute atomic E-state index is 13.1. The molecule has 0 spiro atoms. The number of hydrogen-bond acceptors (Lipinski definition) is 4. The molecule has 0 aliphatic heterocycles. The molecule has 0 radical (unpaired) electrons. The standard InChI is InChI=1S/C14H24ClO4PSi/c1-6-17-20(16,18-7-2)14(19-21(3,4)5)12-10-8-9-11-13(12)15/h8-11,14H,6-7H2,1-5H3. The number of halogens is 1. The highest BCUT2D eigenvalue weighted by molar-refractivity contribution is 7.54. The van der Waals surface area contributed by atoms with E-state index in [4.69, 9.17) is 25.1 Å². The Kier molecular flexibility index (Phi) is 7.11. The summed E-state index contributed by atoms with van der Waals surface area (Å²) in [6.45, 7) is 10.2. The molecule has 21 heavy (non-hydrogen) atoms. The molecule has 0 bridgehead atoms. The van der Waals surface area contributed by atoms with E-state index < -0.39 is 21.8 Å². The fourth-order valence-corrected chi connectivity index (χ4v) is 6.04. The fourth-order valence-electron chi connectivity index (χ4n) is 1.84. The van der Waals surface area contributed by atoms with Crippen LogP contribution in [-0.2, 0) is 18.0 Å². The summed E-state index contributed by atoms with van der Waals surface area (Å²) in [4.78, 5) is 0. The predicted octanol–water partition coefficient (Wildman–Crippen LogP) is 5.46. The maximum atomic E-state index is 13.1. The second-order valence-corrected chi connectivity index (χ2v) is 12.4. The zero-order valence-corrected chi connectivity index (χ0v) is 15.9. The Hall–Kier alpha value is -0.163. The summed E-state index contributed by atoms with van der Waals surface area (Å²) in [6.07, 6.45) is 0. The van der Waals surface area contributed by atoms with Crippen molar-refractivity contribution in [1.82, 2.24) is 0 Å². The fraction of sp³-hybridized carbons (Fsp3) is 0.571. The second-order valence-electron chi connectivity index (χ2n) is 5.48.